The van der Waals surface area contributed by atoms with Crippen LogP contribution in [0.2, 0.25) is 0 Å². The number of hydrogen-bond donors (Lipinski definition) is 2. The van der Waals surface area contributed by atoms with Crippen LogP contribution in [0.25, 0.3) is 0 Å². The molecular weight excluding hydrogens is 320 g/mol. The van der Waals surface area contributed by atoms with E-state index in [0.29, 0.717) is 5.92 Å². The minimum absolute atomic E-state index is 0.0348. The Morgan fingerprint density at radius 2 is 1.64 bits per heavy atom. The largest absolute Gasteiger partial charge is 0.394 e. The van der Waals surface area contributed by atoms with Crippen LogP contribution < -0.4 is 0 Å². The molecule has 1 aliphatic heterocycles. The number of piperidine rings is 1. The molecule has 1 fully saturated rings. The highest BCUT2D eigenvalue weighted by Crippen LogP contribution is 2.47. The van der Waals surface area contributed by atoms with Gasteiger partial charge in [0.1, 0.15) is 6.17 Å². The number of rotatable bonds is 11. The van der Waals surface area contributed by atoms with Crippen molar-refractivity contribution in [3.05, 3.63) is 0 Å². The average Bonchev–Trinajstić information content (AvgIpc) is 2.63. The number of nitrogens with zero attached hydrogens (tertiary/aromatic N) is 2. The van der Waals surface area contributed by atoms with Gasteiger partial charge in [0.25, 0.3) is 0 Å². The first kappa shape index (κ1) is 22.8. The highest BCUT2D eigenvalue weighted by Gasteiger charge is 2.52. The molecule has 0 amide bonds. The predicted octanol–water partition coefficient (Wildman–Crippen LogP) is 2.94. The van der Waals surface area contributed by atoms with Crippen LogP contribution >= 0.6 is 0 Å². The molecule has 0 aromatic carbocycles. The van der Waals surface area contributed by atoms with Crippen molar-refractivity contribution in [3.63, 3.8) is 0 Å². The summed E-state index contributed by atoms with van der Waals surface area (Å²) in [6.45, 7) is 13.9. The van der Waals surface area contributed by atoms with E-state index in [1.165, 1.54) is 11.6 Å². The minimum Gasteiger partial charge on any atom is -0.394 e. The molecule has 0 bridgehead atoms. The lowest BCUT2D eigenvalue weighted by Gasteiger charge is -2.61. The Kier molecular flexibility index (Phi) is 9.29. The summed E-state index contributed by atoms with van der Waals surface area (Å²) in [5, 5.41) is 19.9. The molecule has 0 spiro atoms. The van der Waals surface area contributed by atoms with Crippen molar-refractivity contribution in [1.29, 1.82) is 0 Å². The lowest BCUT2D eigenvalue weighted by Crippen LogP contribution is -2.70. The lowest BCUT2D eigenvalue weighted by atomic mass is 9.69. The maximum atomic E-state index is 9.17. The molecule has 1 saturated heterocycles. The van der Waals surface area contributed by atoms with Crippen LogP contribution in [-0.2, 0) is 9.68 Å². The van der Waals surface area contributed by atoms with Crippen molar-refractivity contribution in [2.75, 3.05) is 26.4 Å². The number of likely N-dealkylation sites (tertiary alicyclic amines) is 1. The molecule has 0 aromatic rings. The molecule has 150 valence electrons. The zero-order valence-corrected chi connectivity index (χ0v) is 17.1. The van der Waals surface area contributed by atoms with Gasteiger partial charge in [-0.05, 0) is 57.1 Å². The van der Waals surface area contributed by atoms with Gasteiger partial charge in [-0.1, -0.05) is 27.7 Å². The fourth-order valence-electron chi connectivity index (χ4n) is 4.28. The third kappa shape index (κ3) is 4.93. The van der Waals surface area contributed by atoms with Gasteiger partial charge in [-0.15, -0.1) is 0 Å². The molecule has 0 radical (unpaired) electrons. The molecule has 6 nitrogen and oxygen atoms in total. The maximum Gasteiger partial charge on any atom is 0.115 e. The molecule has 0 saturated carbocycles. The van der Waals surface area contributed by atoms with E-state index in [0.717, 1.165) is 25.7 Å². The Hall–Kier alpha value is -0.240. The molecule has 0 aliphatic carbocycles. The summed E-state index contributed by atoms with van der Waals surface area (Å²) >= 11 is 0. The first-order chi connectivity index (χ1) is 11.8. The summed E-state index contributed by atoms with van der Waals surface area (Å²) < 4.78 is 0. The summed E-state index contributed by atoms with van der Waals surface area (Å²) in [7, 11) is 0. The van der Waals surface area contributed by atoms with Gasteiger partial charge in [-0.3, -0.25) is 14.6 Å². The fraction of sp³-hybridized carbons (Fsp3) is 1.00. The summed E-state index contributed by atoms with van der Waals surface area (Å²) in [4.78, 5) is 14.0. The van der Waals surface area contributed by atoms with E-state index in [-0.39, 0.29) is 43.7 Å². The second-order valence-electron chi connectivity index (χ2n) is 7.66. The first-order valence-electron chi connectivity index (χ1n) is 9.90. The van der Waals surface area contributed by atoms with E-state index >= 15 is 0 Å². The van der Waals surface area contributed by atoms with E-state index in [4.69, 9.17) is 9.68 Å². The van der Waals surface area contributed by atoms with Crippen molar-refractivity contribution >= 4 is 0 Å². The van der Waals surface area contributed by atoms with Crippen LogP contribution in [0.15, 0.2) is 0 Å². The Labute approximate surface area is 154 Å². The van der Waals surface area contributed by atoms with Crippen molar-refractivity contribution in [2.24, 2.45) is 5.92 Å². The zero-order chi connectivity index (χ0) is 19.1. The van der Waals surface area contributed by atoms with Gasteiger partial charge in [-0.2, -0.15) is 0 Å². The quantitative estimate of drug-likeness (QED) is 0.552. The van der Waals surface area contributed by atoms with E-state index in [1.807, 2.05) is 0 Å². The van der Waals surface area contributed by atoms with Crippen LogP contribution in [0.3, 0.4) is 0 Å². The van der Waals surface area contributed by atoms with Gasteiger partial charge < -0.3 is 10.2 Å². The Morgan fingerprint density at radius 3 is 2.04 bits per heavy atom. The summed E-state index contributed by atoms with van der Waals surface area (Å²) in [5.74, 6) is 0.573. The lowest BCUT2D eigenvalue weighted by molar-refractivity contribution is -0.421. The van der Waals surface area contributed by atoms with Crippen LogP contribution in [-0.4, -0.2) is 64.0 Å². The summed E-state index contributed by atoms with van der Waals surface area (Å²) in [6, 6.07) is 0. The number of aliphatic hydroxyl groups is 2. The monoisotopic (exact) mass is 360 g/mol. The van der Waals surface area contributed by atoms with Crippen molar-refractivity contribution < 1.29 is 19.9 Å². The molecule has 1 rings (SSSR count). The molecule has 25 heavy (non-hydrogen) atoms. The number of aliphatic hydroxyl groups excluding tert-OH is 2. The molecular formula is C19H40N2O4. The molecule has 1 heterocycles. The second-order valence-corrected chi connectivity index (χ2v) is 7.66. The van der Waals surface area contributed by atoms with E-state index in [1.54, 1.807) is 0 Å². The fourth-order valence-corrected chi connectivity index (χ4v) is 4.28. The second kappa shape index (κ2) is 10.2. The van der Waals surface area contributed by atoms with Gasteiger partial charge >= 0.3 is 0 Å². The van der Waals surface area contributed by atoms with Crippen LogP contribution in [0.5, 0.6) is 0 Å². The van der Waals surface area contributed by atoms with Crippen LogP contribution in [0, 0.1) is 5.92 Å². The third-order valence-corrected chi connectivity index (χ3v) is 6.31. The van der Waals surface area contributed by atoms with Crippen LogP contribution in [0.4, 0.5) is 0 Å². The predicted molar refractivity (Wildman–Crippen MR) is 99.6 cm³/mol. The van der Waals surface area contributed by atoms with Crippen molar-refractivity contribution in [3.8, 4) is 0 Å². The van der Waals surface area contributed by atoms with Gasteiger partial charge in [0, 0.05) is 11.1 Å². The van der Waals surface area contributed by atoms with E-state index in [2.05, 4.69) is 46.4 Å². The molecule has 0 aromatic heterocycles. The van der Waals surface area contributed by atoms with Crippen LogP contribution in [0.1, 0.15) is 73.6 Å². The number of hydroxylamine groups is 2. The highest BCUT2D eigenvalue weighted by atomic mass is 17.0. The first-order valence-corrected chi connectivity index (χ1v) is 9.90. The van der Waals surface area contributed by atoms with Crippen molar-refractivity contribution in [2.45, 2.75) is 90.9 Å². The molecule has 4 atom stereocenters. The standard InChI is InChI=1S/C19H40N2O4/c1-7-17(21(24-14-12-22)25-15-13-23)20-18(5,8-2)11-10-16(4)19(20,6)9-3/h16-17,22-23H,7-15H2,1-6H3. The molecule has 2 N–H and O–H groups in total. The van der Waals surface area contributed by atoms with Gasteiger partial charge in [0.2, 0.25) is 0 Å². The van der Waals surface area contributed by atoms with E-state index in [9.17, 15) is 10.2 Å². The van der Waals surface area contributed by atoms with Gasteiger partial charge in [0.15, 0.2) is 0 Å². The Balaban J connectivity index is 3.25. The molecule has 1 aliphatic rings. The number of hydrogen-bond acceptors (Lipinski definition) is 6. The van der Waals surface area contributed by atoms with Gasteiger partial charge in [0.05, 0.1) is 26.4 Å². The van der Waals surface area contributed by atoms with Crippen molar-refractivity contribution in [1.82, 2.24) is 10.1 Å². The summed E-state index contributed by atoms with van der Waals surface area (Å²) in [6.07, 6.45) is 5.22. The molecule has 4 unspecified atom stereocenters. The Morgan fingerprint density at radius 1 is 1.08 bits per heavy atom. The third-order valence-electron chi connectivity index (χ3n) is 6.31. The Bertz CT molecular complexity index is 376. The zero-order valence-electron chi connectivity index (χ0n) is 17.1. The minimum atomic E-state index is -0.0734. The summed E-state index contributed by atoms with van der Waals surface area (Å²) in [5.41, 5.74) is 0.0917. The molecule has 6 heteroatoms. The SMILES string of the molecule is CCC(N(OCCO)OCCO)N1C(C)(CC)CCC(C)C1(C)CC. The van der Waals surface area contributed by atoms with E-state index < -0.39 is 0 Å². The topological polar surface area (TPSA) is 65.4 Å². The average molecular weight is 361 g/mol. The maximum absolute atomic E-state index is 9.17. The highest BCUT2D eigenvalue weighted by molar-refractivity contribution is 5.04. The smallest absolute Gasteiger partial charge is 0.115 e. The van der Waals surface area contributed by atoms with Gasteiger partial charge in [-0.25, -0.2) is 0 Å². The normalized spacial score (nSPS) is 32.3.